The Kier molecular flexibility index (Phi) is 3.00. The molecule has 0 bridgehead atoms. The quantitative estimate of drug-likeness (QED) is 0.792. The summed E-state index contributed by atoms with van der Waals surface area (Å²) in [5.41, 5.74) is 1.01. The van der Waals surface area contributed by atoms with E-state index in [4.69, 9.17) is 9.26 Å². The lowest BCUT2D eigenvalue weighted by atomic mass is 10.1. The van der Waals surface area contributed by atoms with Gasteiger partial charge in [-0.1, -0.05) is 18.1 Å². The van der Waals surface area contributed by atoms with Gasteiger partial charge in [-0.15, -0.1) is 0 Å². The molecule has 0 aliphatic heterocycles. The molecular weight excluding hydrogens is 258 g/mol. The van der Waals surface area contributed by atoms with Crippen molar-refractivity contribution < 1.29 is 14.1 Å². The lowest BCUT2D eigenvalue weighted by Crippen LogP contribution is -2.22. The number of nitrogens with zero attached hydrogens (tertiary/aromatic N) is 3. The first kappa shape index (κ1) is 12.8. The van der Waals surface area contributed by atoms with Gasteiger partial charge in [0.15, 0.2) is 0 Å². The van der Waals surface area contributed by atoms with Crippen LogP contribution in [0.2, 0.25) is 0 Å². The highest BCUT2D eigenvalue weighted by molar-refractivity contribution is 5.85. The van der Waals surface area contributed by atoms with Crippen molar-refractivity contribution in [2.24, 2.45) is 0 Å². The number of ether oxygens (including phenoxy) is 1. The average Bonchev–Trinajstić information content (AvgIpc) is 3.17. The molecule has 0 aromatic carbocycles. The Bertz CT molecular complexity index is 647. The molecule has 2 heterocycles. The summed E-state index contributed by atoms with van der Waals surface area (Å²) in [6.45, 7) is 2.04. The second kappa shape index (κ2) is 4.70. The van der Waals surface area contributed by atoms with Gasteiger partial charge in [-0.2, -0.15) is 4.98 Å². The van der Waals surface area contributed by atoms with Crippen LogP contribution >= 0.6 is 0 Å². The van der Waals surface area contributed by atoms with E-state index >= 15 is 0 Å². The molecule has 0 radical (unpaired) electrons. The molecule has 20 heavy (non-hydrogen) atoms. The molecule has 0 spiro atoms. The molecule has 1 aliphatic carbocycles. The molecule has 2 aromatic rings. The molecule has 0 unspecified atom stereocenters. The molecule has 0 N–H and O–H groups in total. The first-order valence-electron chi connectivity index (χ1n) is 6.58. The first-order valence-corrected chi connectivity index (χ1v) is 6.58. The van der Waals surface area contributed by atoms with Crippen LogP contribution in [0.4, 0.5) is 0 Å². The first-order chi connectivity index (χ1) is 9.71. The molecule has 1 fully saturated rings. The van der Waals surface area contributed by atoms with Gasteiger partial charge in [0.1, 0.15) is 11.1 Å². The van der Waals surface area contributed by atoms with Gasteiger partial charge < -0.3 is 9.26 Å². The zero-order valence-electron chi connectivity index (χ0n) is 11.4. The monoisotopic (exact) mass is 273 g/mol. The van der Waals surface area contributed by atoms with Gasteiger partial charge in [0, 0.05) is 6.20 Å². The van der Waals surface area contributed by atoms with Crippen molar-refractivity contribution in [1.82, 2.24) is 15.1 Å². The number of aryl methyl sites for hydroxylation is 1. The summed E-state index contributed by atoms with van der Waals surface area (Å²) >= 11 is 0. The number of carbonyl (C=O) groups excluding carboxylic acids is 1. The van der Waals surface area contributed by atoms with Crippen molar-refractivity contribution in [2.45, 2.75) is 31.6 Å². The maximum absolute atomic E-state index is 11.8. The van der Waals surface area contributed by atoms with Crippen LogP contribution in [0.3, 0.4) is 0 Å². The van der Waals surface area contributed by atoms with Crippen molar-refractivity contribution in [3.8, 4) is 11.5 Å². The molecule has 104 valence electrons. The fourth-order valence-electron chi connectivity index (χ4n) is 2.26. The Morgan fingerprint density at radius 1 is 1.50 bits per heavy atom. The Balaban J connectivity index is 1.97. The highest BCUT2D eigenvalue weighted by Gasteiger charge is 2.57. The van der Waals surface area contributed by atoms with Crippen LogP contribution in [-0.2, 0) is 21.4 Å². The van der Waals surface area contributed by atoms with Gasteiger partial charge in [-0.05, 0) is 30.9 Å². The SMILES string of the molecule is CCc1cccnc1-c1noc(C2(C(=O)OC)CC2)n1. The normalized spacial score (nSPS) is 15.9. The summed E-state index contributed by atoms with van der Waals surface area (Å²) in [6.07, 6.45) is 3.89. The van der Waals surface area contributed by atoms with Crippen molar-refractivity contribution in [3.05, 3.63) is 29.8 Å². The summed E-state index contributed by atoms with van der Waals surface area (Å²) in [5, 5.41) is 3.96. The van der Waals surface area contributed by atoms with Gasteiger partial charge in [-0.25, -0.2) is 0 Å². The summed E-state index contributed by atoms with van der Waals surface area (Å²) in [7, 11) is 1.37. The largest absolute Gasteiger partial charge is 0.468 e. The summed E-state index contributed by atoms with van der Waals surface area (Å²) in [6, 6.07) is 3.85. The van der Waals surface area contributed by atoms with Gasteiger partial charge in [0.2, 0.25) is 11.7 Å². The highest BCUT2D eigenvalue weighted by atomic mass is 16.5. The van der Waals surface area contributed by atoms with Crippen LogP contribution in [0, 0.1) is 0 Å². The van der Waals surface area contributed by atoms with Crippen LogP contribution in [0.25, 0.3) is 11.5 Å². The molecular formula is C14H15N3O3. The van der Waals surface area contributed by atoms with E-state index < -0.39 is 5.41 Å². The molecule has 0 atom stereocenters. The van der Waals surface area contributed by atoms with Crippen molar-refractivity contribution in [1.29, 1.82) is 0 Å². The van der Waals surface area contributed by atoms with Crippen LogP contribution in [0.1, 0.15) is 31.2 Å². The molecule has 1 saturated carbocycles. The third-order valence-corrected chi connectivity index (χ3v) is 3.65. The van der Waals surface area contributed by atoms with E-state index in [-0.39, 0.29) is 5.97 Å². The fourth-order valence-corrected chi connectivity index (χ4v) is 2.26. The summed E-state index contributed by atoms with van der Waals surface area (Å²) in [4.78, 5) is 20.5. The minimum atomic E-state index is -0.735. The Hall–Kier alpha value is -2.24. The van der Waals surface area contributed by atoms with Gasteiger partial charge >= 0.3 is 5.97 Å². The Labute approximate surface area is 116 Å². The van der Waals surface area contributed by atoms with E-state index in [0.717, 1.165) is 12.0 Å². The number of hydrogen-bond donors (Lipinski definition) is 0. The predicted octanol–water partition coefficient (Wildman–Crippen LogP) is 1.90. The molecule has 0 saturated heterocycles. The lowest BCUT2D eigenvalue weighted by Gasteiger charge is -2.05. The maximum Gasteiger partial charge on any atom is 0.321 e. The van der Waals surface area contributed by atoms with E-state index in [2.05, 4.69) is 15.1 Å². The van der Waals surface area contributed by atoms with Crippen LogP contribution < -0.4 is 0 Å². The Morgan fingerprint density at radius 2 is 2.30 bits per heavy atom. The van der Waals surface area contributed by atoms with Crippen molar-refractivity contribution in [3.63, 3.8) is 0 Å². The van der Waals surface area contributed by atoms with Gasteiger partial charge in [-0.3, -0.25) is 9.78 Å². The minimum absolute atomic E-state index is 0.315. The number of aromatic nitrogens is 3. The van der Waals surface area contributed by atoms with E-state index in [1.165, 1.54) is 7.11 Å². The Morgan fingerprint density at radius 3 is 2.95 bits per heavy atom. The minimum Gasteiger partial charge on any atom is -0.468 e. The third-order valence-electron chi connectivity index (χ3n) is 3.65. The van der Waals surface area contributed by atoms with E-state index in [9.17, 15) is 4.79 Å². The molecule has 6 heteroatoms. The number of pyridine rings is 1. The summed E-state index contributed by atoms with van der Waals surface area (Å²) < 4.78 is 10.1. The van der Waals surface area contributed by atoms with Crippen LogP contribution in [0.5, 0.6) is 0 Å². The second-order valence-corrected chi connectivity index (χ2v) is 4.86. The fraction of sp³-hybridized carbons (Fsp3) is 0.429. The smallest absolute Gasteiger partial charge is 0.321 e. The highest BCUT2D eigenvalue weighted by Crippen LogP contribution is 2.48. The second-order valence-electron chi connectivity index (χ2n) is 4.86. The molecule has 6 nitrogen and oxygen atoms in total. The van der Waals surface area contributed by atoms with E-state index in [1.54, 1.807) is 6.20 Å². The van der Waals surface area contributed by atoms with Crippen LogP contribution in [0.15, 0.2) is 22.9 Å². The lowest BCUT2D eigenvalue weighted by molar-refractivity contribution is -0.144. The maximum atomic E-state index is 11.8. The zero-order valence-corrected chi connectivity index (χ0v) is 11.4. The summed E-state index contributed by atoms with van der Waals surface area (Å²) in [5.74, 6) is 0.434. The number of esters is 1. The average molecular weight is 273 g/mol. The number of hydrogen-bond acceptors (Lipinski definition) is 6. The van der Waals surface area contributed by atoms with Gasteiger partial charge in [0.05, 0.1) is 7.11 Å². The topological polar surface area (TPSA) is 78.1 Å². The molecule has 2 aromatic heterocycles. The van der Waals surface area contributed by atoms with Crippen molar-refractivity contribution in [2.75, 3.05) is 7.11 Å². The predicted molar refractivity (Wildman–Crippen MR) is 69.8 cm³/mol. The zero-order chi connectivity index (χ0) is 14.2. The molecule has 0 amide bonds. The van der Waals surface area contributed by atoms with Crippen LogP contribution in [-0.4, -0.2) is 28.2 Å². The van der Waals surface area contributed by atoms with Gasteiger partial charge in [0.25, 0.3) is 0 Å². The molecule has 3 rings (SSSR count). The standard InChI is InChI=1S/C14H15N3O3/c1-3-9-5-4-8-15-10(9)11-16-12(20-17-11)14(6-7-14)13(18)19-2/h4-5,8H,3,6-7H2,1-2H3. The molecule has 1 aliphatic rings. The third kappa shape index (κ3) is 1.88. The number of carbonyl (C=O) groups is 1. The van der Waals surface area contributed by atoms with E-state index in [0.29, 0.717) is 30.3 Å². The number of methoxy groups -OCH3 is 1. The van der Waals surface area contributed by atoms with E-state index in [1.807, 2.05) is 19.1 Å². The number of rotatable bonds is 4. The van der Waals surface area contributed by atoms with Crippen molar-refractivity contribution >= 4 is 5.97 Å².